The highest BCUT2D eigenvalue weighted by Gasteiger charge is 2.54. The number of hydrogen-bond donors (Lipinski definition) is 1. The van der Waals surface area contributed by atoms with Crippen molar-refractivity contribution >= 4 is 5.97 Å². The number of aliphatic hydroxyl groups is 1. The van der Waals surface area contributed by atoms with Crippen molar-refractivity contribution in [3.63, 3.8) is 0 Å². The van der Waals surface area contributed by atoms with Crippen LogP contribution in [0.5, 0.6) is 0 Å². The van der Waals surface area contributed by atoms with Crippen LogP contribution in [-0.4, -0.2) is 28.3 Å². The van der Waals surface area contributed by atoms with Crippen LogP contribution in [0, 0.1) is 29.6 Å². The molecule has 2 saturated carbocycles. The molecule has 1 saturated heterocycles. The van der Waals surface area contributed by atoms with Crippen LogP contribution in [-0.2, 0) is 22.1 Å². The van der Waals surface area contributed by atoms with Gasteiger partial charge in [-0.3, -0.25) is 9.78 Å². The number of alkyl halides is 3. The highest BCUT2D eigenvalue weighted by Crippen LogP contribution is 2.54. The zero-order chi connectivity index (χ0) is 24.0. The highest BCUT2D eigenvalue weighted by atomic mass is 19.4. The second-order valence-electron chi connectivity index (χ2n) is 10.3. The molecule has 0 radical (unpaired) electrons. The first kappa shape index (κ1) is 23.3. The van der Waals surface area contributed by atoms with Gasteiger partial charge in [0.2, 0.25) is 0 Å². The van der Waals surface area contributed by atoms with Gasteiger partial charge < -0.3 is 9.84 Å². The van der Waals surface area contributed by atoms with Crippen LogP contribution in [0.25, 0.3) is 11.1 Å². The summed E-state index contributed by atoms with van der Waals surface area (Å²) in [6.07, 6.45) is 1.87. The molecule has 2 aliphatic carbocycles. The molecular weight excluding hydrogens is 443 g/mol. The molecule has 7 heteroatoms. The SMILES string of the molecule is C[C@H]1OC(=O)[C@@H]2C[C@@H]3C[C@H](O)CC[C@H]3[C@H](CCc3ccc(-c4cccc(C(F)(F)F)c4)cn3)[C@H]12. The van der Waals surface area contributed by atoms with Crippen molar-refractivity contribution in [2.24, 2.45) is 29.6 Å². The minimum absolute atomic E-state index is 0.0807. The Kier molecular flexibility index (Phi) is 6.17. The summed E-state index contributed by atoms with van der Waals surface area (Å²) >= 11 is 0. The molecule has 1 aromatic carbocycles. The fraction of sp³-hybridized carbons (Fsp3) is 0.556. The summed E-state index contributed by atoms with van der Waals surface area (Å²) < 4.78 is 44.8. The van der Waals surface area contributed by atoms with Gasteiger partial charge in [-0.05, 0) is 87.0 Å². The van der Waals surface area contributed by atoms with Gasteiger partial charge in [0.1, 0.15) is 6.10 Å². The third-order valence-corrected chi connectivity index (χ3v) is 8.31. The molecule has 182 valence electrons. The number of ether oxygens (including phenoxy) is 1. The number of aliphatic hydroxyl groups excluding tert-OH is 1. The number of aryl methyl sites for hydroxylation is 1. The van der Waals surface area contributed by atoms with Gasteiger partial charge in [-0.15, -0.1) is 0 Å². The first-order chi connectivity index (χ1) is 16.2. The first-order valence-corrected chi connectivity index (χ1v) is 12.2. The Labute approximate surface area is 197 Å². The summed E-state index contributed by atoms with van der Waals surface area (Å²) in [4.78, 5) is 17.0. The molecule has 3 fully saturated rings. The number of pyridine rings is 1. The van der Waals surface area contributed by atoms with Crippen LogP contribution in [0.4, 0.5) is 13.2 Å². The molecule has 0 amide bonds. The maximum Gasteiger partial charge on any atom is 0.416 e. The first-order valence-electron chi connectivity index (χ1n) is 12.2. The lowest BCUT2D eigenvalue weighted by Crippen LogP contribution is -2.45. The number of nitrogens with zero attached hydrogens (tertiary/aromatic N) is 1. The predicted octanol–water partition coefficient (Wildman–Crippen LogP) is 5.67. The van der Waals surface area contributed by atoms with Crippen LogP contribution in [0.15, 0.2) is 42.6 Å². The maximum absolute atomic E-state index is 13.0. The fourth-order valence-corrected chi connectivity index (χ4v) is 6.78. The van der Waals surface area contributed by atoms with Crippen LogP contribution < -0.4 is 0 Å². The van der Waals surface area contributed by atoms with Crippen LogP contribution in [0.1, 0.15) is 50.3 Å². The van der Waals surface area contributed by atoms with Crippen molar-refractivity contribution in [2.45, 2.75) is 63.8 Å². The number of hydrogen-bond acceptors (Lipinski definition) is 4. The van der Waals surface area contributed by atoms with E-state index in [1.54, 1.807) is 12.3 Å². The molecule has 2 heterocycles. The lowest BCUT2D eigenvalue weighted by Gasteiger charge is -2.48. The molecule has 2 aromatic rings. The maximum atomic E-state index is 13.0. The lowest BCUT2D eigenvalue weighted by atomic mass is 9.56. The Morgan fingerprint density at radius 3 is 2.68 bits per heavy atom. The number of benzene rings is 1. The molecule has 7 atom stereocenters. The number of cyclic esters (lactones) is 1. The summed E-state index contributed by atoms with van der Waals surface area (Å²) in [5, 5.41) is 10.2. The Morgan fingerprint density at radius 2 is 1.94 bits per heavy atom. The summed E-state index contributed by atoms with van der Waals surface area (Å²) in [7, 11) is 0. The normalized spacial score (nSPS) is 33.2. The molecule has 1 N–H and O–H groups in total. The largest absolute Gasteiger partial charge is 0.462 e. The van der Waals surface area contributed by atoms with E-state index in [0.717, 1.165) is 56.4 Å². The average molecular weight is 474 g/mol. The molecular formula is C27H30F3NO3. The second-order valence-corrected chi connectivity index (χ2v) is 10.3. The topological polar surface area (TPSA) is 59.4 Å². The van der Waals surface area contributed by atoms with E-state index in [2.05, 4.69) is 4.98 Å². The van der Waals surface area contributed by atoms with Gasteiger partial charge in [-0.2, -0.15) is 13.2 Å². The number of carbonyl (C=O) groups is 1. The zero-order valence-corrected chi connectivity index (χ0v) is 19.2. The molecule has 0 spiro atoms. The van der Waals surface area contributed by atoms with Crippen molar-refractivity contribution in [3.8, 4) is 11.1 Å². The molecule has 1 aliphatic heterocycles. The summed E-state index contributed by atoms with van der Waals surface area (Å²) in [5.74, 6) is 1.19. The monoisotopic (exact) mass is 473 g/mol. The number of fused-ring (bicyclic) bond motifs is 2. The number of rotatable bonds is 4. The van der Waals surface area contributed by atoms with Crippen molar-refractivity contribution in [1.29, 1.82) is 0 Å². The van der Waals surface area contributed by atoms with Gasteiger partial charge in [0.05, 0.1) is 17.6 Å². The number of aromatic nitrogens is 1. The van der Waals surface area contributed by atoms with Gasteiger partial charge in [-0.1, -0.05) is 18.2 Å². The van der Waals surface area contributed by atoms with Crippen molar-refractivity contribution in [2.75, 3.05) is 0 Å². The van der Waals surface area contributed by atoms with Gasteiger partial charge >= 0.3 is 12.1 Å². The molecule has 3 aliphatic rings. The van der Waals surface area contributed by atoms with E-state index in [-0.39, 0.29) is 30.0 Å². The van der Waals surface area contributed by atoms with E-state index < -0.39 is 11.7 Å². The minimum Gasteiger partial charge on any atom is -0.462 e. The average Bonchev–Trinajstić information content (AvgIpc) is 3.09. The summed E-state index contributed by atoms with van der Waals surface area (Å²) in [5.41, 5.74) is 1.36. The molecule has 0 bridgehead atoms. The molecule has 5 rings (SSSR count). The van der Waals surface area contributed by atoms with Gasteiger partial charge in [-0.25, -0.2) is 0 Å². The van der Waals surface area contributed by atoms with Gasteiger partial charge in [0.15, 0.2) is 0 Å². The van der Waals surface area contributed by atoms with Crippen molar-refractivity contribution in [1.82, 2.24) is 4.98 Å². The third kappa shape index (κ3) is 4.47. The lowest BCUT2D eigenvalue weighted by molar-refractivity contribution is -0.144. The van der Waals surface area contributed by atoms with E-state index in [1.807, 2.05) is 19.1 Å². The van der Waals surface area contributed by atoms with Crippen molar-refractivity contribution < 1.29 is 27.8 Å². The summed E-state index contributed by atoms with van der Waals surface area (Å²) in [6.45, 7) is 2.00. The second kappa shape index (κ2) is 8.99. The van der Waals surface area contributed by atoms with E-state index in [1.165, 1.54) is 6.07 Å². The van der Waals surface area contributed by atoms with E-state index in [9.17, 15) is 23.1 Å². The van der Waals surface area contributed by atoms with Gasteiger partial charge in [0, 0.05) is 23.4 Å². The van der Waals surface area contributed by atoms with Crippen LogP contribution >= 0.6 is 0 Å². The fourth-order valence-electron chi connectivity index (χ4n) is 6.78. The van der Waals surface area contributed by atoms with Crippen molar-refractivity contribution in [3.05, 3.63) is 53.9 Å². The minimum atomic E-state index is -4.38. The number of esters is 1. The Bertz CT molecular complexity index is 1040. The predicted molar refractivity (Wildman–Crippen MR) is 120 cm³/mol. The quantitative estimate of drug-likeness (QED) is 0.581. The molecule has 34 heavy (non-hydrogen) atoms. The van der Waals surface area contributed by atoms with Gasteiger partial charge in [0.25, 0.3) is 0 Å². The summed E-state index contributed by atoms with van der Waals surface area (Å²) in [6, 6.07) is 9.00. The number of halogens is 3. The van der Waals surface area contributed by atoms with E-state index in [0.29, 0.717) is 28.9 Å². The molecule has 0 unspecified atom stereocenters. The van der Waals surface area contributed by atoms with E-state index in [4.69, 9.17) is 4.74 Å². The smallest absolute Gasteiger partial charge is 0.416 e. The standard InChI is InChI=1S/C27H30F3NO3/c1-15-25-23(22-10-8-21(32)12-18(22)13-24(25)26(33)34-15)9-7-20-6-5-17(14-31-20)16-3-2-4-19(11-16)27(28,29)30/h2-6,11,14-15,18,21-25,32H,7-10,12-13H2,1H3/t15-,18+,21-,22-,23+,24-,25+/m1/s1. The molecule has 1 aromatic heterocycles. The Hall–Kier alpha value is -2.41. The van der Waals surface area contributed by atoms with E-state index >= 15 is 0 Å². The zero-order valence-electron chi connectivity index (χ0n) is 19.2. The Morgan fingerprint density at radius 1 is 1.12 bits per heavy atom. The highest BCUT2D eigenvalue weighted by molar-refractivity contribution is 5.75. The molecule has 4 nitrogen and oxygen atoms in total. The van der Waals surface area contributed by atoms with Crippen LogP contribution in [0.3, 0.4) is 0 Å². The number of carbonyl (C=O) groups excluding carboxylic acids is 1. The third-order valence-electron chi connectivity index (χ3n) is 8.31. The van der Waals surface area contributed by atoms with Crippen LogP contribution in [0.2, 0.25) is 0 Å². The Balaban J connectivity index is 1.31.